The van der Waals surface area contributed by atoms with Gasteiger partial charge in [-0.1, -0.05) is 13.3 Å². The molecule has 0 aliphatic heterocycles. The maximum atomic E-state index is 5.84. The average molecular weight is 201 g/mol. The third-order valence-corrected chi connectivity index (χ3v) is 2.67. The highest BCUT2D eigenvalue weighted by Gasteiger charge is 2.33. The first-order valence-corrected chi connectivity index (χ1v) is 5.81. The fourth-order valence-electron chi connectivity index (χ4n) is 1.95. The van der Waals surface area contributed by atoms with Crippen molar-refractivity contribution in [3.05, 3.63) is 0 Å². The SMILES string of the molecule is CCCOC1(OCCN)CCCCC1. The third kappa shape index (κ3) is 3.56. The first-order valence-electron chi connectivity index (χ1n) is 5.81. The second-order valence-electron chi connectivity index (χ2n) is 3.96. The van der Waals surface area contributed by atoms with Crippen molar-refractivity contribution in [3.8, 4) is 0 Å². The molecule has 0 heterocycles. The van der Waals surface area contributed by atoms with Crippen LogP contribution in [0.5, 0.6) is 0 Å². The highest BCUT2D eigenvalue weighted by atomic mass is 16.7. The van der Waals surface area contributed by atoms with Crippen LogP contribution in [0.3, 0.4) is 0 Å². The number of hydrogen-bond donors (Lipinski definition) is 1. The van der Waals surface area contributed by atoms with Gasteiger partial charge in [0, 0.05) is 26.0 Å². The molecular weight excluding hydrogens is 178 g/mol. The van der Waals surface area contributed by atoms with Crippen molar-refractivity contribution in [1.29, 1.82) is 0 Å². The summed E-state index contributed by atoms with van der Waals surface area (Å²) in [5, 5.41) is 0. The summed E-state index contributed by atoms with van der Waals surface area (Å²) in [4.78, 5) is 0. The molecule has 0 radical (unpaired) electrons. The third-order valence-electron chi connectivity index (χ3n) is 2.67. The van der Waals surface area contributed by atoms with Gasteiger partial charge in [-0.25, -0.2) is 0 Å². The van der Waals surface area contributed by atoms with Crippen LogP contribution in [-0.2, 0) is 9.47 Å². The smallest absolute Gasteiger partial charge is 0.168 e. The van der Waals surface area contributed by atoms with Crippen LogP contribution < -0.4 is 5.73 Å². The highest BCUT2D eigenvalue weighted by Crippen LogP contribution is 2.32. The molecule has 1 rings (SSSR count). The molecule has 3 heteroatoms. The molecule has 0 aromatic rings. The Morgan fingerprint density at radius 3 is 2.29 bits per heavy atom. The Kier molecular flexibility index (Phi) is 5.45. The van der Waals surface area contributed by atoms with Gasteiger partial charge in [0.1, 0.15) is 0 Å². The van der Waals surface area contributed by atoms with Crippen LogP contribution in [-0.4, -0.2) is 25.5 Å². The Morgan fingerprint density at radius 1 is 1.07 bits per heavy atom. The molecule has 0 aromatic heterocycles. The van der Waals surface area contributed by atoms with E-state index in [1.54, 1.807) is 0 Å². The maximum Gasteiger partial charge on any atom is 0.168 e. The summed E-state index contributed by atoms with van der Waals surface area (Å²) in [6.07, 6.45) is 6.86. The molecular formula is C11H23NO2. The van der Waals surface area contributed by atoms with Gasteiger partial charge in [0.25, 0.3) is 0 Å². The Hall–Kier alpha value is -0.120. The van der Waals surface area contributed by atoms with Crippen molar-refractivity contribution in [2.75, 3.05) is 19.8 Å². The molecule has 0 bridgehead atoms. The lowest BCUT2D eigenvalue weighted by Gasteiger charge is -2.36. The molecule has 0 aromatic carbocycles. The fourth-order valence-corrected chi connectivity index (χ4v) is 1.95. The summed E-state index contributed by atoms with van der Waals surface area (Å²) in [6.45, 7) is 4.12. The van der Waals surface area contributed by atoms with Gasteiger partial charge in [-0.2, -0.15) is 0 Å². The summed E-state index contributed by atoms with van der Waals surface area (Å²) < 4.78 is 11.6. The van der Waals surface area contributed by atoms with E-state index in [4.69, 9.17) is 15.2 Å². The first kappa shape index (κ1) is 12.0. The zero-order valence-electron chi connectivity index (χ0n) is 9.26. The predicted molar refractivity (Wildman–Crippen MR) is 57.1 cm³/mol. The van der Waals surface area contributed by atoms with E-state index in [0.717, 1.165) is 25.9 Å². The van der Waals surface area contributed by atoms with Gasteiger partial charge in [0.05, 0.1) is 6.61 Å². The van der Waals surface area contributed by atoms with Gasteiger partial charge >= 0.3 is 0 Å². The second kappa shape index (κ2) is 6.38. The minimum atomic E-state index is -0.298. The number of nitrogens with two attached hydrogens (primary N) is 1. The molecule has 2 N–H and O–H groups in total. The molecule has 0 unspecified atom stereocenters. The largest absolute Gasteiger partial charge is 0.350 e. The van der Waals surface area contributed by atoms with Gasteiger partial charge in [0.15, 0.2) is 5.79 Å². The summed E-state index contributed by atoms with van der Waals surface area (Å²) >= 11 is 0. The average Bonchev–Trinajstić information content (AvgIpc) is 2.25. The van der Waals surface area contributed by atoms with Crippen LogP contribution in [0.4, 0.5) is 0 Å². The Labute approximate surface area is 86.9 Å². The summed E-state index contributed by atoms with van der Waals surface area (Å²) in [5.74, 6) is -0.298. The lowest BCUT2D eigenvalue weighted by molar-refractivity contribution is -0.251. The van der Waals surface area contributed by atoms with Gasteiger partial charge in [-0.15, -0.1) is 0 Å². The molecule has 1 aliphatic carbocycles. The Bertz CT molecular complexity index is 134. The van der Waals surface area contributed by atoms with Crippen molar-refractivity contribution in [2.45, 2.75) is 51.2 Å². The van der Waals surface area contributed by atoms with Crippen molar-refractivity contribution < 1.29 is 9.47 Å². The van der Waals surface area contributed by atoms with Crippen LogP contribution in [0, 0.1) is 0 Å². The van der Waals surface area contributed by atoms with Crippen LogP contribution in [0.2, 0.25) is 0 Å². The van der Waals surface area contributed by atoms with Crippen molar-refractivity contribution in [1.82, 2.24) is 0 Å². The van der Waals surface area contributed by atoms with Gasteiger partial charge < -0.3 is 15.2 Å². The zero-order valence-corrected chi connectivity index (χ0v) is 9.26. The topological polar surface area (TPSA) is 44.5 Å². The van der Waals surface area contributed by atoms with Gasteiger partial charge in [-0.05, 0) is 19.3 Å². The van der Waals surface area contributed by atoms with E-state index < -0.39 is 0 Å². The second-order valence-corrected chi connectivity index (χ2v) is 3.96. The Morgan fingerprint density at radius 2 is 1.71 bits per heavy atom. The molecule has 0 spiro atoms. The lowest BCUT2D eigenvalue weighted by Crippen LogP contribution is -2.39. The quantitative estimate of drug-likeness (QED) is 0.669. The van der Waals surface area contributed by atoms with E-state index in [-0.39, 0.29) is 5.79 Å². The predicted octanol–water partition coefficient (Wildman–Crippen LogP) is 2.05. The van der Waals surface area contributed by atoms with E-state index >= 15 is 0 Å². The molecule has 84 valence electrons. The number of ether oxygens (including phenoxy) is 2. The molecule has 14 heavy (non-hydrogen) atoms. The normalized spacial score (nSPS) is 21.0. The van der Waals surface area contributed by atoms with Crippen molar-refractivity contribution in [3.63, 3.8) is 0 Å². The Balaban J connectivity index is 2.39. The molecule has 0 amide bonds. The van der Waals surface area contributed by atoms with Crippen LogP contribution in [0.25, 0.3) is 0 Å². The van der Waals surface area contributed by atoms with Crippen LogP contribution >= 0.6 is 0 Å². The minimum Gasteiger partial charge on any atom is -0.350 e. The fraction of sp³-hybridized carbons (Fsp3) is 1.00. The molecule has 1 fully saturated rings. The standard InChI is InChI=1S/C11H23NO2/c1-2-9-13-11(14-10-8-12)6-4-3-5-7-11/h2-10,12H2,1H3. The molecule has 0 saturated heterocycles. The van der Waals surface area contributed by atoms with E-state index in [1.807, 2.05) is 0 Å². The first-order chi connectivity index (χ1) is 6.83. The van der Waals surface area contributed by atoms with E-state index in [2.05, 4.69) is 6.92 Å². The molecule has 1 aliphatic rings. The van der Waals surface area contributed by atoms with Crippen molar-refractivity contribution in [2.24, 2.45) is 5.73 Å². The number of hydrogen-bond acceptors (Lipinski definition) is 3. The van der Waals surface area contributed by atoms with Crippen LogP contribution in [0.15, 0.2) is 0 Å². The number of rotatable bonds is 6. The minimum absolute atomic E-state index is 0.298. The zero-order chi connectivity index (χ0) is 10.3. The van der Waals surface area contributed by atoms with E-state index in [9.17, 15) is 0 Å². The summed E-state index contributed by atoms with van der Waals surface area (Å²) in [7, 11) is 0. The molecule has 3 nitrogen and oxygen atoms in total. The van der Waals surface area contributed by atoms with Gasteiger partial charge in [0.2, 0.25) is 0 Å². The summed E-state index contributed by atoms with van der Waals surface area (Å²) in [6, 6.07) is 0. The lowest BCUT2D eigenvalue weighted by atomic mass is 9.94. The highest BCUT2D eigenvalue weighted by molar-refractivity contribution is 4.75. The van der Waals surface area contributed by atoms with Gasteiger partial charge in [-0.3, -0.25) is 0 Å². The van der Waals surface area contributed by atoms with Crippen LogP contribution in [0.1, 0.15) is 45.4 Å². The van der Waals surface area contributed by atoms with Crippen molar-refractivity contribution >= 4 is 0 Å². The van der Waals surface area contributed by atoms with E-state index in [0.29, 0.717) is 13.2 Å². The molecule has 0 atom stereocenters. The molecule has 1 saturated carbocycles. The van der Waals surface area contributed by atoms with E-state index in [1.165, 1.54) is 19.3 Å². The maximum absolute atomic E-state index is 5.84. The summed E-state index contributed by atoms with van der Waals surface area (Å²) in [5.41, 5.74) is 5.45. The monoisotopic (exact) mass is 201 g/mol.